The van der Waals surface area contributed by atoms with Gasteiger partial charge in [0, 0.05) is 12.5 Å². The number of aliphatic carboxylic acids is 1. The molecule has 0 aliphatic carbocycles. The minimum Gasteiger partial charge on any atom is -0.481 e. The monoisotopic (exact) mass is 254 g/mol. The van der Waals surface area contributed by atoms with Gasteiger partial charge in [-0.15, -0.1) is 5.10 Å². The van der Waals surface area contributed by atoms with Gasteiger partial charge in [0.15, 0.2) is 5.82 Å². The predicted molar refractivity (Wildman–Crippen MR) is 62.0 cm³/mol. The topological polar surface area (TPSA) is 90.1 Å². The number of hydrogen-bond donors (Lipinski definition) is 1. The van der Waals surface area contributed by atoms with E-state index in [-0.39, 0.29) is 18.6 Å². The summed E-state index contributed by atoms with van der Waals surface area (Å²) in [4.78, 5) is 11.1. The smallest absolute Gasteiger partial charge is 0.310 e. The lowest BCUT2D eigenvalue weighted by molar-refractivity contribution is -0.147. The maximum Gasteiger partial charge on any atom is 0.310 e. The van der Waals surface area contributed by atoms with Crippen molar-refractivity contribution in [3.8, 4) is 0 Å². The minimum absolute atomic E-state index is 0.0719. The van der Waals surface area contributed by atoms with Crippen LogP contribution in [0.4, 0.5) is 0 Å². The molecule has 7 nitrogen and oxygen atoms in total. The average Bonchev–Trinajstić information content (AvgIpc) is 2.86. The van der Waals surface area contributed by atoms with Gasteiger partial charge in [0.05, 0.1) is 18.1 Å². The second kappa shape index (κ2) is 4.64. The van der Waals surface area contributed by atoms with E-state index in [9.17, 15) is 4.79 Å². The molecule has 2 rings (SSSR count). The van der Waals surface area contributed by atoms with Crippen molar-refractivity contribution in [3.63, 3.8) is 0 Å². The number of rotatable bonds is 4. The highest BCUT2D eigenvalue weighted by molar-refractivity contribution is 5.73. The SMILES string of the molecule is CC1OCCC1c1nnnn1CC(C)(C)C(=O)O. The van der Waals surface area contributed by atoms with Crippen molar-refractivity contribution in [1.29, 1.82) is 0 Å². The van der Waals surface area contributed by atoms with Gasteiger partial charge in [-0.25, -0.2) is 4.68 Å². The van der Waals surface area contributed by atoms with E-state index in [4.69, 9.17) is 9.84 Å². The summed E-state index contributed by atoms with van der Waals surface area (Å²) in [7, 11) is 0. The lowest BCUT2D eigenvalue weighted by atomic mass is 9.93. The Morgan fingerprint density at radius 1 is 1.61 bits per heavy atom. The molecule has 0 bridgehead atoms. The van der Waals surface area contributed by atoms with Crippen LogP contribution in [-0.4, -0.2) is 44.0 Å². The zero-order chi connectivity index (χ0) is 13.3. The van der Waals surface area contributed by atoms with Crippen molar-refractivity contribution in [2.75, 3.05) is 6.61 Å². The first-order valence-electron chi connectivity index (χ1n) is 6.03. The predicted octanol–water partition coefficient (Wildman–Crippen LogP) is 0.676. The molecule has 1 fully saturated rings. The maximum atomic E-state index is 11.1. The van der Waals surface area contributed by atoms with Crippen LogP contribution in [0.2, 0.25) is 0 Å². The minimum atomic E-state index is -0.896. The molecule has 0 radical (unpaired) electrons. The van der Waals surface area contributed by atoms with Crippen molar-refractivity contribution in [1.82, 2.24) is 20.2 Å². The van der Waals surface area contributed by atoms with Crippen LogP contribution in [0.1, 0.15) is 38.9 Å². The normalized spacial score (nSPS) is 24.4. The summed E-state index contributed by atoms with van der Waals surface area (Å²) in [6.07, 6.45) is 0.942. The van der Waals surface area contributed by atoms with E-state index in [1.165, 1.54) is 0 Å². The Morgan fingerprint density at radius 2 is 2.33 bits per heavy atom. The molecule has 100 valence electrons. The molecule has 2 unspecified atom stereocenters. The Hall–Kier alpha value is -1.50. The summed E-state index contributed by atoms with van der Waals surface area (Å²) in [6, 6.07) is 0. The van der Waals surface area contributed by atoms with Crippen LogP contribution >= 0.6 is 0 Å². The van der Waals surface area contributed by atoms with Gasteiger partial charge >= 0.3 is 5.97 Å². The quantitative estimate of drug-likeness (QED) is 0.849. The van der Waals surface area contributed by atoms with Gasteiger partial charge in [0.2, 0.25) is 0 Å². The fourth-order valence-corrected chi connectivity index (χ4v) is 2.10. The molecule has 7 heteroatoms. The maximum absolute atomic E-state index is 11.1. The number of ether oxygens (including phenoxy) is 1. The van der Waals surface area contributed by atoms with Gasteiger partial charge in [-0.2, -0.15) is 0 Å². The first-order chi connectivity index (χ1) is 8.42. The van der Waals surface area contributed by atoms with Gasteiger partial charge < -0.3 is 9.84 Å². The molecule has 1 N–H and O–H groups in total. The van der Waals surface area contributed by atoms with E-state index >= 15 is 0 Å². The molecule has 1 aliphatic rings. The van der Waals surface area contributed by atoms with Crippen LogP contribution in [0, 0.1) is 5.41 Å². The van der Waals surface area contributed by atoms with E-state index in [1.54, 1.807) is 18.5 Å². The van der Waals surface area contributed by atoms with E-state index < -0.39 is 11.4 Å². The number of tetrazole rings is 1. The largest absolute Gasteiger partial charge is 0.481 e. The Balaban J connectivity index is 2.20. The van der Waals surface area contributed by atoms with Crippen LogP contribution in [-0.2, 0) is 16.1 Å². The van der Waals surface area contributed by atoms with E-state index in [2.05, 4.69) is 15.5 Å². The fourth-order valence-electron chi connectivity index (χ4n) is 2.10. The number of carboxylic acid groups (broad SMARTS) is 1. The Morgan fingerprint density at radius 3 is 2.89 bits per heavy atom. The molecular formula is C11H18N4O3. The Labute approximate surface area is 105 Å². The van der Waals surface area contributed by atoms with Gasteiger partial charge in [0.25, 0.3) is 0 Å². The molecule has 0 aromatic carbocycles. The zero-order valence-electron chi connectivity index (χ0n) is 10.8. The summed E-state index contributed by atoms with van der Waals surface area (Å²) in [5.41, 5.74) is -0.896. The molecule has 1 aromatic heterocycles. The first kappa shape index (κ1) is 12.9. The molecule has 0 saturated carbocycles. The molecule has 1 saturated heterocycles. The zero-order valence-corrected chi connectivity index (χ0v) is 10.8. The molecule has 1 aliphatic heterocycles. The highest BCUT2D eigenvalue weighted by atomic mass is 16.5. The third-order valence-electron chi connectivity index (χ3n) is 3.39. The summed E-state index contributed by atoms with van der Waals surface area (Å²) in [6.45, 7) is 6.26. The van der Waals surface area contributed by atoms with Crippen LogP contribution in [0.25, 0.3) is 0 Å². The van der Waals surface area contributed by atoms with Gasteiger partial charge in [0.1, 0.15) is 0 Å². The van der Waals surface area contributed by atoms with Crippen molar-refractivity contribution >= 4 is 5.97 Å². The molecule has 2 atom stereocenters. The van der Waals surface area contributed by atoms with Gasteiger partial charge in [-0.1, -0.05) is 0 Å². The summed E-state index contributed by atoms with van der Waals surface area (Å²) >= 11 is 0. The van der Waals surface area contributed by atoms with E-state index in [1.807, 2.05) is 6.92 Å². The standard InChI is InChI=1S/C11H18N4O3/c1-7-8(4-5-18-7)9-12-13-14-15(9)6-11(2,3)10(16)17/h7-8H,4-6H2,1-3H3,(H,16,17). The summed E-state index contributed by atoms with van der Waals surface area (Å²) in [5, 5.41) is 20.7. The summed E-state index contributed by atoms with van der Waals surface area (Å²) in [5.74, 6) is -0.00131. The molecule has 0 spiro atoms. The second-order valence-electron chi connectivity index (χ2n) is 5.35. The van der Waals surface area contributed by atoms with Crippen LogP contribution in [0.5, 0.6) is 0 Å². The number of nitrogens with zero attached hydrogens (tertiary/aromatic N) is 4. The second-order valence-corrected chi connectivity index (χ2v) is 5.35. The number of carbonyl (C=O) groups is 1. The Kier molecular flexibility index (Phi) is 3.34. The number of carboxylic acids is 1. The van der Waals surface area contributed by atoms with Crippen molar-refractivity contribution in [2.45, 2.75) is 45.8 Å². The molecule has 0 amide bonds. The fraction of sp³-hybridized carbons (Fsp3) is 0.818. The van der Waals surface area contributed by atoms with E-state index in [0.29, 0.717) is 12.4 Å². The van der Waals surface area contributed by atoms with Gasteiger partial charge in [-0.05, 0) is 37.6 Å². The highest BCUT2D eigenvalue weighted by Crippen LogP contribution is 2.30. The van der Waals surface area contributed by atoms with Crippen LogP contribution in [0.15, 0.2) is 0 Å². The summed E-state index contributed by atoms with van der Waals surface area (Å²) < 4.78 is 7.08. The molecule has 1 aromatic rings. The van der Waals surface area contributed by atoms with Crippen molar-refractivity contribution < 1.29 is 14.6 Å². The average molecular weight is 254 g/mol. The first-order valence-corrected chi connectivity index (χ1v) is 6.03. The third kappa shape index (κ3) is 2.35. The number of hydrogen-bond acceptors (Lipinski definition) is 5. The third-order valence-corrected chi connectivity index (χ3v) is 3.39. The van der Waals surface area contributed by atoms with Crippen molar-refractivity contribution in [2.24, 2.45) is 5.41 Å². The molecule has 2 heterocycles. The highest BCUT2D eigenvalue weighted by Gasteiger charge is 2.34. The number of aromatic nitrogens is 4. The van der Waals surface area contributed by atoms with Crippen molar-refractivity contribution in [3.05, 3.63) is 5.82 Å². The lowest BCUT2D eigenvalue weighted by Gasteiger charge is -2.21. The van der Waals surface area contributed by atoms with Crippen LogP contribution < -0.4 is 0 Å². The lowest BCUT2D eigenvalue weighted by Crippen LogP contribution is -2.31. The molecule has 18 heavy (non-hydrogen) atoms. The van der Waals surface area contributed by atoms with Gasteiger partial charge in [-0.3, -0.25) is 4.79 Å². The molecular weight excluding hydrogens is 236 g/mol. The Bertz CT molecular complexity index is 443. The van der Waals surface area contributed by atoms with Crippen LogP contribution in [0.3, 0.4) is 0 Å². The van der Waals surface area contributed by atoms with E-state index in [0.717, 1.165) is 6.42 Å².